The molecule has 0 amide bonds. The van der Waals surface area contributed by atoms with Crippen molar-refractivity contribution in [1.29, 1.82) is 0 Å². The average Bonchev–Trinajstić information content (AvgIpc) is 2.54. The number of hydrogen-bond donors (Lipinski definition) is 1. The van der Waals surface area contributed by atoms with Gasteiger partial charge in [0.15, 0.2) is 0 Å². The first kappa shape index (κ1) is 10.7. The van der Waals surface area contributed by atoms with Gasteiger partial charge in [0.2, 0.25) is 0 Å². The summed E-state index contributed by atoms with van der Waals surface area (Å²) >= 11 is 1.79. The van der Waals surface area contributed by atoms with Crippen molar-refractivity contribution in [3.05, 3.63) is 16.1 Å². The maximum Gasteiger partial charge on any atom is 0.0928 e. The van der Waals surface area contributed by atoms with Crippen LogP contribution < -0.4 is 5.73 Å². The molecule has 2 N–H and O–H groups in total. The molecule has 1 aromatic heterocycles. The van der Waals surface area contributed by atoms with E-state index in [-0.39, 0.29) is 0 Å². The molecule has 13 heavy (non-hydrogen) atoms. The number of nitrogens with zero attached hydrogens (tertiary/aromatic N) is 1. The molecule has 1 rings (SSSR count). The number of rotatable bonds is 6. The van der Waals surface area contributed by atoms with Gasteiger partial charge in [-0.05, 0) is 32.2 Å². The van der Waals surface area contributed by atoms with Crippen LogP contribution in [-0.2, 0) is 12.8 Å². The van der Waals surface area contributed by atoms with Crippen molar-refractivity contribution in [2.45, 2.75) is 39.0 Å². The Labute approximate surface area is 84.2 Å². The van der Waals surface area contributed by atoms with Gasteiger partial charge in [-0.3, -0.25) is 0 Å². The molecule has 0 radical (unpaired) electrons. The minimum atomic E-state index is 0.799. The van der Waals surface area contributed by atoms with E-state index < -0.39 is 0 Å². The maximum absolute atomic E-state index is 5.43. The highest BCUT2D eigenvalue weighted by Crippen LogP contribution is 2.13. The van der Waals surface area contributed by atoms with E-state index in [0.717, 1.165) is 25.8 Å². The van der Waals surface area contributed by atoms with E-state index in [9.17, 15) is 0 Å². The van der Waals surface area contributed by atoms with Crippen molar-refractivity contribution < 1.29 is 0 Å². The molecule has 1 aromatic rings. The van der Waals surface area contributed by atoms with Crippen LogP contribution >= 0.6 is 11.3 Å². The van der Waals surface area contributed by atoms with Gasteiger partial charge in [0.05, 0.1) is 10.7 Å². The summed E-state index contributed by atoms with van der Waals surface area (Å²) in [6, 6.07) is 0. The summed E-state index contributed by atoms with van der Waals surface area (Å²) in [4.78, 5) is 4.55. The number of thiazole rings is 1. The van der Waals surface area contributed by atoms with Gasteiger partial charge in [-0.15, -0.1) is 11.3 Å². The molecule has 1 heterocycles. The molecule has 0 saturated carbocycles. The fourth-order valence-corrected chi connectivity index (χ4v) is 2.13. The van der Waals surface area contributed by atoms with Crippen LogP contribution in [0.1, 0.15) is 36.9 Å². The highest BCUT2D eigenvalue weighted by molar-refractivity contribution is 7.09. The summed E-state index contributed by atoms with van der Waals surface area (Å²) < 4.78 is 0. The summed E-state index contributed by atoms with van der Waals surface area (Å²) in [6.07, 6.45) is 5.70. The normalized spacial score (nSPS) is 10.6. The Morgan fingerprint density at radius 2 is 2.23 bits per heavy atom. The second-order valence-corrected chi connectivity index (χ2v) is 4.17. The fraction of sp³-hybridized carbons (Fsp3) is 0.700. The largest absolute Gasteiger partial charge is 0.330 e. The molecule has 0 atom stereocenters. The summed E-state index contributed by atoms with van der Waals surface area (Å²) in [6.45, 7) is 2.99. The first-order chi connectivity index (χ1) is 6.36. The van der Waals surface area contributed by atoms with Crippen LogP contribution in [0.3, 0.4) is 0 Å². The molecular weight excluding hydrogens is 180 g/mol. The molecule has 0 fully saturated rings. The Kier molecular flexibility index (Phi) is 5.01. The van der Waals surface area contributed by atoms with Gasteiger partial charge >= 0.3 is 0 Å². The van der Waals surface area contributed by atoms with E-state index in [1.807, 2.05) is 0 Å². The summed E-state index contributed by atoms with van der Waals surface area (Å²) in [5.74, 6) is 0. The predicted octanol–water partition coefficient (Wildman–Crippen LogP) is 2.38. The van der Waals surface area contributed by atoms with E-state index in [0.29, 0.717) is 0 Å². The lowest BCUT2D eigenvalue weighted by molar-refractivity contribution is 0.738. The van der Waals surface area contributed by atoms with Crippen LogP contribution in [0.4, 0.5) is 0 Å². The average molecular weight is 198 g/mol. The van der Waals surface area contributed by atoms with Crippen LogP contribution in [-0.4, -0.2) is 11.5 Å². The second kappa shape index (κ2) is 6.11. The fourth-order valence-electron chi connectivity index (χ4n) is 1.26. The molecule has 0 unspecified atom stereocenters. The van der Waals surface area contributed by atoms with Gasteiger partial charge in [0, 0.05) is 5.38 Å². The first-order valence-electron chi connectivity index (χ1n) is 5.00. The zero-order chi connectivity index (χ0) is 9.52. The van der Waals surface area contributed by atoms with E-state index in [1.165, 1.54) is 23.5 Å². The molecule has 74 valence electrons. The third kappa shape index (κ3) is 3.87. The van der Waals surface area contributed by atoms with Gasteiger partial charge in [0.1, 0.15) is 0 Å². The second-order valence-electron chi connectivity index (χ2n) is 3.23. The maximum atomic E-state index is 5.43. The van der Waals surface area contributed by atoms with Gasteiger partial charge in [-0.2, -0.15) is 0 Å². The molecule has 0 aliphatic rings. The van der Waals surface area contributed by atoms with Crippen molar-refractivity contribution in [2.24, 2.45) is 5.73 Å². The first-order valence-corrected chi connectivity index (χ1v) is 5.88. The van der Waals surface area contributed by atoms with Crippen LogP contribution in [0, 0.1) is 0 Å². The Bertz CT molecular complexity index is 233. The van der Waals surface area contributed by atoms with E-state index in [1.54, 1.807) is 11.3 Å². The Hall–Kier alpha value is -0.410. The quantitative estimate of drug-likeness (QED) is 0.713. The molecule has 2 nitrogen and oxygen atoms in total. The molecule has 0 bridgehead atoms. The monoisotopic (exact) mass is 198 g/mol. The summed E-state index contributed by atoms with van der Waals surface area (Å²) in [7, 11) is 0. The lowest BCUT2D eigenvalue weighted by Crippen LogP contribution is -1.98. The number of nitrogens with two attached hydrogens (primary N) is 1. The van der Waals surface area contributed by atoms with Gasteiger partial charge in [-0.1, -0.05) is 13.3 Å². The van der Waals surface area contributed by atoms with Crippen LogP contribution in [0.2, 0.25) is 0 Å². The molecule has 0 aliphatic carbocycles. The van der Waals surface area contributed by atoms with Crippen molar-refractivity contribution in [1.82, 2.24) is 4.98 Å². The Morgan fingerprint density at radius 3 is 2.92 bits per heavy atom. The molecular formula is C10H18N2S. The van der Waals surface area contributed by atoms with E-state index in [4.69, 9.17) is 5.73 Å². The minimum absolute atomic E-state index is 0.799. The lowest BCUT2D eigenvalue weighted by Gasteiger charge is -1.94. The number of aryl methyl sites for hydroxylation is 2. The van der Waals surface area contributed by atoms with Gasteiger partial charge in [-0.25, -0.2) is 4.98 Å². The third-order valence-corrected chi connectivity index (χ3v) is 2.91. The highest BCUT2D eigenvalue weighted by Gasteiger charge is 2.00. The zero-order valence-electron chi connectivity index (χ0n) is 8.25. The smallest absolute Gasteiger partial charge is 0.0928 e. The number of unbranched alkanes of at least 4 members (excludes halogenated alkanes) is 1. The SMILES string of the molecule is CCCc1csc(CCCCN)n1. The van der Waals surface area contributed by atoms with Gasteiger partial charge < -0.3 is 5.73 Å². The van der Waals surface area contributed by atoms with Crippen molar-refractivity contribution in [2.75, 3.05) is 6.54 Å². The summed E-state index contributed by atoms with van der Waals surface area (Å²) in [5.41, 5.74) is 6.69. The molecule has 3 heteroatoms. The van der Waals surface area contributed by atoms with E-state index in [2.05, 4.69) is 17.3 Å². The predicted molar refractivity (Wildman–Crippen MR) is 58.1 cm³/mol. The van der Waals surface area contributed by atoms with E-state index >= 15 is 0 Å². The van der Waals surface area contributed by atoms with Crippen LogP contribution in [0.25, 0.3) is 0 Å². The van der Waals surface area contributed by atoms with Crippen molar-refractivity contribution >= 4 is 11.3 Å². The van der Waals surface area contributed by atoms with Crippen molar-refractivity contribution in [3.8, 4) is 0 Å². The molecule has 0 saturated heterocycles. The topological polar surface area (TPSA) is 38.9 Å². The zero-order valence-corrected chi connectivity index (χ0v) is 9.07. The van der Waals surface area contributed by atoms with Crippen LogP contribution in [0.15, 0.2) is 5.38 Å². The van der Waals surface area contributed by atoms with Crippen molar-refractivity contribution in [3.63, 3.8) is 0 Å². The molecule has 0 aromatic carbocycles. The van der Waals surface area contributed by atoms with Gasteiger partial charge in [0.25, 0.3) is 0 Å². The standard InChI is InChI=1S/C10H18N2S/c1-2-5-9-8-13-10(12-9)6-3-4-7-11/h8H,2-7,11H2,1H3. The number of hydrogen-bond acceptors (Lipinski definition) is 3. The summed E-state index contributed by atoms with van der Waals surface area (Å²) in [5, 5.41) is 3.46. The molecule has 0 spiro atoms. The third-order valence-electron chi connectivity index (χ3n) is 1.95. The minimum Gasteiger partial charge on any atom is -0.330 e. The Balaban J connectivity index is 2.31. The Morgan fingerprint density at radius 1 is 1.38 bits per heavy atom. The highest BCUT2D eigenvalue weighted by atomic mass is 32.1. The molecule has 0 aliphatic heterocycles. The number of aromatic nitrogens is 1. The lowest BCUT2D eigenvalue weighted by atomic mass is 10.2. The van der Waals surface area contributed by atoms with Crippen LogP contribution in [0.5, 0.6) is 0 Å².